The van der Waals surface area contributed by atoms with Gasteiger partial charge in [-0.15, -0.1) is 0 Å². The molecule has 3 unspecified atom stereocenters. The van der Waals surface area contributed by atoms with E-state index >= 15 is 0 Å². The zero-order valence-corrected chi connectivity index (χ0v) is 78.2. The number of ether oxygens (including phenoxy) is 4. The highest BCUT2D eigenvalue weighted by molar-refractivity contribution is 5.96. The van der Waals surface area contributed by atoms with Crippen LogP contribution in [0.15, 0.2) is 72.8 Å². The summed E-state index contributed by atoms with van der Waals surface area (Å²) in [6.07, 6.45) is 1.55. The van der Waals surface area contributed by atoms with Crippen LogP contribution in [0.25, 0.3) is 4.85 Å². The number of carbonyl (C=O) groups is 12. The number of aldehydes is 2. The third kappa shape index (κ3) is 45.4. The van der Waals surface area contributed by atoms with E-state index in [4.69, 9.17) is 43.3 Å². The number of ketones is 1. The third-order valence-electron chi connectivity index (χ3n) is 21.0. The Bertz CT molecular complexity index is 4040. The first-order valence-electron chi connectivity index (χ1n) is 44.0. The van der Waals surface area contributed by atoms with E-state index in [1.165, 1.54) is 76.0 Å². The molecule has 16 atom stereocenters. The SMILES string of the molecule is C.C.CC.CC(C)CCC=O.CC[C@@H](C)C(=O)N[C@@H]1C(=O)N2C(C(=O)N[C@@H]3CCCc4ccccc43)CC[C@@H]2O[C@@H]1C.COC(C)CCC(CC(=O)[C@@H](NC(=O)[C@H](C)N(C)C(=O)OC(C)(C)C)[C@H](C)O)C(=O)N[C@@H]1CCCc2ccccc21.C[C@@H](O)[C@H](NC(=O)[C@H](C)N(C)C(=O)OC(C)(C)C)C(=O)O.N.OCC(F)(F)F.[2H]C(=O)C(F)(F)F.[2H]N.[C-]#[N+][C@@H]1CCCc2ccccc21. The molecule has 130 heavy (non-hydrogen) atoms. The van der Waals surface area contributed by atoms with Gasteiger partial charge >= 0.3 is 30.5 Å². The fourth-order valence-corrected chi connectivity index (χ4v) is 13.4. The standard InChI is InChI=1S/C31H49N3O7.C24H33N3O4.C13H24N2O6.C11H11N.C6H12O.C2H3F3O.C2HF3O.C2H6.2CH4.2H3N/c1-19(40-8)16-17-23(29(38)32-25-15-11-13-22-12-9-10-14-24(22)25)18-26(36)27(21(3)35)33-28(37)20(2)34(7)30(39)41-31(4,5)6;1-4-14(2)22(28)26-21-15(3)31-20-13-12-19(27(20)24(21)30)23(29)25-18-11-7-9-16-8-5-6-10-17(16)18;1-7(15(6)12(20)21-13(3,4)5)10(17)14-9(8(2)16)11(18)19;1-12-11-8-4-6-9-5-2-3-7-10(9)11;1-6(2)4-3-5-7;2*3-2(4,5)1-6;1-2;;;;/h9-10,12,14,19-21,23,25,27,35H,11,13,15-18H2,1-8H3,(H,32,38)(H,33,37);5-6,8,10,14-15,18-21H,4,7,9,11-13H2,1-3H3,(H,25,29)(H,26,28);7-9,16H,1-6H3,(H,14,17)(H,18,19);2-3,5,7,11H,4,6,8H2;5-6H,3-4H2,1-2H3;6H,1H2;1H;1-2H3;2*1H4;2*1H3/t19?,20-,21-,23?,25+,27-;14-,15-,18-,19?,20+,21+;7-,8+,9-;11-;;;;;;;;/m0101......../s1/i;;;;;;1D;;;;;/hD. The highest BCUT2D eigenvalue weighted by Gasteiger charge is 2.51. The largest absolute Gasteiger partial charge is 0.480 e. The van der Waals surface area contributed by atoms with Gasteiger partial charge in [-0.25, -0.2) is 21.0 Å². The lowest BCUT2D eigenvalue weighted by molar-refractivity contribution is -0.179. The van der Waals surface area contributed by atoms with Crippen molar-refractivity contribution in [2.24, 2.45) is 17.8 Å². The fraction of sp³-hybridized carbons (Fsp3) is 0.667. The van der Waals surface area contributed by atoms with Crippen molar-refractivity contribution in [3.05, 3.63) is 118 Å². The van der Waals surface area contributed by atoms with Crippen LogP contribution >= 0.6 is 0 Å². The Morgan fingerprint density at radius 3 is 1.44 bits per heavy atom. The molecule has 0 aromatic heterocycles. The van der Waals surface area contributed by atoms with Crippen LogP contribution in [0.1, 0.15) is 282 Å². The number of aliphatic hydroxyl groups is 3. The molecule has 0 radical (unpaired) electrons. The van der Waals surface area contributed by atoms with E-state index in [2.05, 4.69) is 87.8 Å². The number of nitrogens with zero attached hydrogens (tertiary/aromatic N) is 4. The maximum Gasteiger partial charge on any atom is 0.446 e. The average molecular weight is 1860 g/mol. The lowest BCUT2D eigenvalue weighted by Gasteiger charge is -2.41. The van der Waals surface area contributed by atoms with Crippen molar-refractivity contribution >= 4 is 71.9 Å². The first kappa shape index (κ1) is 122. The Morgan fingerprint density at radius 2 is 1.06 bits per heavy atom. The van der Waals surface area contributed by atoms with Gasteiger partial charge in [0.2, 0.25) is 41.8 Å². The number of alkyl halides is 6. The molecule has 31 nitrogen and oxygen atoms in total. The number of aryl methyl sites for hydroxylation is 3. The number of aliphatic hydroxyl groups excluding tert-OH is 3. The number of carbonyl (C=O) groups excluding carboxylic acids is 11. The summed E-state index contributed by atoms with van der Waals surface area (Å²) in [7, 11) is 4.40. The second kappa shape index (κ2) is 61.8. The van der Waals surface area contributed by atoms with E-state index in [-0.39, 0.29) is 81.2 Å². The van der Waals surface area contributed by atoms with E-state index in [0.717, 1.165) is 85.9 Å². The molecule has 15 N–H and O–H groups in total. The van der Waals surface area contributed by atoms with E-state index in [1.54, 1.807) is 53.6 Å². The summed E-state index contributed by atoms with van der Waals surface area (Å²) >= 11 is 0. The molecular weight excluding hydrogens is 1710 g/mol. The molecule has 0 spiro atoms. The Hall–Kier alpha value is -9.71. The van der Waals surface area contributed by atoms with Gasteiger partial charge in [-0.05, 0) is 207 Å². The van der Waals surface area contributed by atoms with Crippen LogP contribution in [0.2, 0.25) is 1.41 Å². The van der Waals surface area contributed by atoms with Crippen LogP contribution in [0, 0.1) is 24.3 Å². The predicted octanol–water partition coefficient (Wildman–Crippen LogP) is 14.8. The number of carboxylic acid groups (broad SMARTS) is 1. The van der Waals surface area contributed by atoms with Gasteiger partial charge in [0.1, 0.15) is 63.3 Å². The number of aliphatic carboxylic acids is 1. The summed E-state index contributed by atoms with van der Waals surface area (Å²) in [5, 5.41) is 49.9. The van der Waals surface area contributed by atoms with Crippen LogP contribution in [0.3, 0.4) is 0 Å². The van der Waals surface area contributed by atoms with Crippen LogP contribution in [0.4, 0.5) is 35.9 Å². The van der Waals surface area contributed by atoms with Crippen LogP contribution in [0.5, 0.6) is 0 Å². The molecule has 3 aromatic carbocycles. The minimum atomic E-state index is -4.97. The Kier molecular flexibility index (Phi) is 58.2. The van der Waals surface area contributed by atoms with E-state index in [1.807, 2.05) is 77.9 Å². The molecule has 742 valence electrons. The number of halogens is 6. The number of hydrogen-bond acceptors (Lipinski definition) is 21. The van der Waals surface area contributed by atoms with E-state index in [0.29, 0.717) is 38.0 Å². The fourth-order valence-electron chi connectivity index (χ4n) is 13.4. The molecule has 2 aliphatic heterocycles. The number of Topliss-reactive ketones (excluding diaryl/α,β-unsaturated/α-hetero) is 1. The second-order valence-electron chi connectivity index (χ2n) is 33.8. The zero-order valence-electron chi connectivity index (χ0n) is 80.2. The molecule has 8 amide bonds. The number of likely N-dealkylation sites (N-methyl/N-ethyl adjacent to an activating group) is 2. The maximum atomic E-state index is 13.5. The third-order valence-corrected chi connectivity index (χ3v) is 21.0. The number of hydrogen-bond donors (Lipinski definition) is 11. The molecule has 0 bridgehead atoms. The number of rotatable bonds is 26. The van der Waals surface area contributed by atoms with Crippen molar-refractivity contribution in [1.29, 1.82) is 0 Å². The summed E-state index contributed by atoms with van der Waals surface area (Å²) in [4.78, 5) is 152. The summed E-state index contributed by atoms with van der Waals surface area (Å²) in [6.45, 7) is 36.9. The molecule has 2 fully saturated rings. The Morgan fingerprint density at radius 1 is 0.646 bits per heavy atom. The number of benzene rings is 3. The minimum Gasteiger partial charge on any atom is -0.480 e. The molecule has 0 saturated carbocycles. The van der Waals surface area contributed by atoms with E-state index < -0.39 is 139 Å². The molecular formula is C93H153F6N11O20. The Labute approximate surface area is 768 Å². The zero-order chi connectivity index (χ0) is 99.4. The van der Waals surface area contributed by atoms with Crippen molar-refractivity contribution < 1.29 is 126 Å². The van der Waals surface area contributed by atoms with Gasteiger partial charge in [0.15, 0.2) is 11.8 Å². The lowest BCUT2D eigenvalue weighted by atomic mass is 9.86. The number of nitrogens with one attached hydrogen (secondary N) is 5. The van der Waals surface area contributed by atoms with Crippen molar-refractivity contribution in [1.82, 2.24) is 53.6 Å². The maximum absolute atomic E-state index is 13.5. The minimum absolute atomic E-state index is 0. The lowest BCUT2D eigenvalue weighted by Crippen LogP contribution is -2.64. The molecule has 3 aromatic rings. The summed E-state index contributed by atoms with van der Waals surface area (Å²) < 4.78 is 96.1. The first-order valence-corrected chi connectivity index (χ1v) is 42.9. The summed E-state index contributed by atoms with van der Waals surface area (Å²) in [5.74, 6) is -4.07. The van der Waals surface area contributed by atoms with Gasteiger partial charge in [-0.1, -0.05) is 129 Å². The molecule has 37 heteroatoms. The van der Waals surface area contributed by atoms with Crippen LogP contribution in [-0.4, -0.2) is 225 Å². The van der Waals surface area contributed by atoms with Gasteiger partial charge in [0.25, 0.3) is 5.91 Å². The second-order valence-corrected chi connectivity index (χ2v) is 33.8. The molecule has 2 heterocycles. The average Bonchev–Trinajstić information content (AvgIpc) is 1.61. The summed E-state index contributed by atoms with van der Waals surface area (Å²) in [5.41, 5.74) is 5.96. The van der Waals surface area contributed by atoms with Gasteiger partial charge in [0.05, 0.1) is 36.5 Å². The van der Waals surface area contributed by atoms with Crippen molar-refractivity contribution in [3.63, 3.8) is 0 Å². The van der Waals surface area contributed by atoms with Gasteiger partial charge in [0, 0.05) is 57.9 Å². The highest BCUT2D eigenvalue weighted by atomic mass is 19.4. The molecule has 3 aliphatic carbocycles. The predicted molar refractivity (Wildman–Crippen MR) is 486 cm³/mol. The van der Waals surface area contributed by atoms with Crippen LogP contribution < -0.4 is 38.9 Å². The quantitative estimate of drug-likeness (QED) is 0.0202. The smallest absolute Gasteiger partial charge is 0.446 e. The van der Waals surface area contributed by atoms with Crippen molar-refractivity contribution in [2.75, 3.05) is 27.8 Å². The van der Waals surface area contributed by atoms with Crippen LogP contribution in [-0.2, 0) is 86.2 Å². The van der Waals surface area contributed by atoms with E-state index in [9.17, 15) is 89.3 Å². The van der Waals surface area contributed by atoms with Gasteiger partial charge in [-0.2, -0.15) is 26.3 Å². The number of carboxylic acids is 1. The highest BCUT2D eigenvalue weighted by Crippen LogP contribution is 2.36. The summed E-state index contributed by atoms with van der Waals surface area (Å²) in [6, 6.07) is 18.7. The topological polar surface area (TPSA) is 467 Å². The monoisotopic (exact) mass is 1860 g/mol. The molecule has 5 aliphatic rings. The van der Waals surface area contributed by atoms with Crippen molar-refractivity contribution in [3.8, 4) is 0 Å². The molecule has 8 rings (SSSR count). The number of amides is 8. The van der Waals surface area contributed by atoms with Gasteiger partial charge < -0.3 is 92.8 Å². The first-order chi connectivity index (χ1) is 60.1. The normalized spacial score (nSPS) is 19.5. The number of methoxy groups -OCH3 is 1. The number of fused-ring (bicyclic) bond motifs is 4. The Balaban J connectivity index is -0.000000792. The molecule has 2 saturated heterocycles. The van der Waals surface area contributed by atoms with Gasteiger partial charge in [-0.3, -0.25) is 48.2 Å². The van der Waals surface area contributed by atoms with Crippen molar-refractivity contribution in [2.45, 2.75) is 357 Å².